The number of nitrogens with one attached hydrogen (secondary N) is 1. The van der Waals surface area contributed by atoms with Crippen molar-refractivity contribution >= 4 is 16.8 Å². The highest BCUT2D eigenvalue weighted by Crippen LogP contribution is 2.40. The van der Waals surface area contributed by atoms with Crippen LogP contribution in [0.3, 0.4) is 0 Å². The summed E-state index contributed by atoms with van der Waals surface area (Å²) < 4.78 is 53.6. The first-order chi connectivity index (χ1) is 16.8. The molecule has 3 atom stereocenters. The Kier molecular flexibility index (Phi) is 6.83. The van der Waals surface area contributed by atoms with E-state index >= 15 is 0 Å². The Morgan fingerprint density at radius 2 is 1.78 bits per heavy atom. The lowest BCUT2D eigenvalue weighted by molar-refractivity contribution is -0.138. The van der Waals surface area contributed by atoms with Crippen LogP contribution in [-0.2, 0) is 10.9 Å². The Labute approximate surface area is 206 Å². The van der Waals surface area contributed by atoms with Crippen molar-refractivity contribution in [3.8, 4) is 5.75 Å². The van der Waals surface area contributed by atoms with Crippen molar-refractivity contribution in [3.63, 3.8) is 0 Å². The van der Waals surface area contributed by atoms with Crippen molar-refractivity contribution in [1.29, 1.82) is 0 Å². The van der Waals surface area contributed by atoms with Gasteiger partial charge in [0.2, 0.25) is 0 Å². The smallest absolute Gasteiger partial charge is 0.416 e. The lowest BCUT2D eigenvalue weighted by Gasteiger charge is -2.35. The summed E-state index contributed by atoms with van der Waals surface area (Å²) in [6.07, 6.45) is -5.84. The number of nitrogens with zero attached hydrogens (tertiary/aromatic N) is 2. The van der Waals surface area contributed by atoms with E-state index in [1.54, 1.807) is 29.2 Å². The first-order valence-electron chi connectivity index (χ1n) is 11.7. The van der Waals surface area contributed by atoms with E-state index in [9.17, 15) is 22.8 Å². The number of fused-ring (bicyclic) bond motifs is 1. The van der Waals surface area contributed by atoms with Crippen LogP contribution in [0.1, 0.15) is 59.7 Å². The molecular formula is C26H28F3N3O4. The van der Waals surface area contributed by atoms with Crippen molar-refractivity contribution in [2.45, 2.75) is 59.1 Å². The van der Waals surface area contributed by atoms with Crippen molar-refractivity contribution < 1.29 is 27.4 Å². The zero-order valence-electron chi connectivity index (χ0n) is 20.7. The highest BCUT2D eigenvalue weighted by molar-refractivity contribution is 5.94. The Bertz CT molecular complexity index is 1340. The van der Waals surface area contributed by atoms with Crippen LogP contribution >= 0.6 is 0 Å². The minimum Gasteiger partial charge on any atom is -0.486 e. The average Bonchev–Trinajstić information content (AvgIpc) is 2.77. The van der Waals surface area contributed by atoms with Crippen LogP contribution in [-0.4, -0.2) is 46.1 Å². The fourth-order valence-electron chi connectivity index (χ4n) is 4.85. The first-order valence-corrected chi connectivity index (χ1v) is 11.7. The zero-order chi connectivity index (χ0) is 26.4. The molecule has 1 fully saturated rings. The highest BCUT2D eigenvalue weighted by Gasteiger charge is 2.37. The van der Waals surface area contributed by atoms with Gasteiger partial charge in [-0.25, -0.2) is 4.98 Å². The molecule has 10 heteroatoms. The third-order valence-corrected chi connectivity index (χ3v) is 6.25. The molecule has 3 aromatic rings. The highest BCUT2D eigenvalue weighted by atomic mass is 19.4. The van der Waals surface area contributed by atoms with E-state index < -0.39 is 23.4 Å². The summed E-state index contributed by atoms with van der Waals surface area (Å²) in [5, 5.41) is 0.0916. The van der Waals surface area contributed by atoms with Gasteiger partial charge >= 0.3 is 6.18 Å². The number of hydrogen-bond acceptors (Lipinski definition) is 5. The SMILES string of the molecule is Cc1nc2cc(C(F)(F)F)c(C(C)Oc3ccc(C(=O)N4CC(C)OC(C)C4)cc3)c(C)c2c(=O)[nH]1. The fourth-order valence-corrected chi connectivity index (χ4v) is 4.85. The fraction of sp³-hybridized carbons (Fsp3) is 0.423. The Hall–Kier alpha value is -3.40. The van der Waals surface area contributed by atoms with E-state index in [1.807, 2.05) is 13.8 Å². The van der Waals surface area contributed by atoms with Crippen LogP contribution in [0, 0.1) is 13.8 Å². The van der Waals surface area contributed by atoms with Gasteiger partial charge in [-0.3, -0.25) is 9.59 Å². The second kappa shape index (κ2) is 9.57. The third kappa shape index (κ3) is 5.09. The maximum Gasteiger partial charge on any atom is 0.416 e. The number of halogens is 3. The average molecular weight is 504 g/mol. The van der Waals surface area contributed by atoms with Gasteiger partial charge in [-0.1, -0.05) is 0 Å². The minimum absolute atomic E-state index is 0.0216. The standard InChI is InChI=1S/C26H28F3N3O4/c1-13-11-32(12-14(2)35-13)25(34)18-6-8-19(9-7-18)36-16(4)22-15(3)23-21(10-20(22)26(27,28)29)30-17(5)31-24(23)33/h6-10,13-14,16H,11-12H2,1-5H3,(H,30,31,33). The van der Waals surface area contributed by atoms with Gasteiger partial charge in [0.25, 0.3) is 11.5 Å². The van der Waals surface area contributed by atoms with E-state index in [-0.39, 0.29) is 46.0 Å². The largest absolute Gasteiger partial charge is 0.486 e. The van der Waals surface area contributed by atoms with Gasteiger partial charge < -0.3 is 19.4 Å². The van der Waals surface area contributed by atoms with Gasteiger partial charge in [0.1, 0.15) is 17.7 Å². The maximum atomic E-state index is 14.0. The molecule has 2 aromatic carbocycles. The minimum atomic E-state index is -4.67. The maximum absolute atomic E-state index is 14.0. The van der Waals surface area contributed by atoms with Crippen LogP contribution < -0.4 is 10.3 Å². The predicted molar refractivity (Wildman–Crippen MR) is 128 cm³/mol. The van der Waals surface area contributed by atoms with Gasteiger partial charge in [-0.05, 0) is 70.5 Å². The molecule has 0 aliphatic carbocycles. The molecule has 192 valence electrons. The number of aromatic amines is 1. The summed E-state index contributed by atoms with van der Waals surface area (Å²) in [7, 11) is 0. The van der Waals surface area contributed by atoms with Gasteiger partial charge in [0.15, 0.2) is 0 Å². The molecule has 1 aliphatic rings. The number of hydrogen-bond donors (Lipinski definition) is 1. The first kappa shape index (κ1) is 25.7. The molecule has 2 heterocycles. The molecule has 1 aliphatic heterocycles. The number of carbonyl (C=O) groups excluding carboxylic acids is 1. The molecule has 0 bridgehead atoms. The number of aryl methyl sites for hydroxylation is 2. The van der Waals surface area contributed by atoms with Crippen LogP contribution in [0.15, 0.2) is 35.1 Å². The summed E-state index contributed by atoms with van der Waals surface area (Å²) in [6.45, 7) is 9.24. The molecule has 4 rings (SSSR count). The number of aromatic nitrogens is 2. The predicted octanol–water partition coefficient (Wildman–Crippen LogP) is 4.95. The lowest BCUT2D eigenvalue weighted by Crippen LogP contribution is -2.48. The van der Waals surface area contributed by atoms with E-state index in [1.165, 1.54) is 20.8 Å². The second-order valence-corrected chi connectivity index (χ2v) is 9.26. The second-order valence-electron chi connectivity index (χ2n) is 9.26. The molecule has 3 unspecified atom stereocenters. The zero-order valence-corrected chi connectivity index (χ0v) is 20.7. The number of alkyl halides is 3. The summed E-state index contributed by atoms with van der Waals surface area (Å²) in [5.41, 5.74) is -0.966. The van der Waals surface area contributed by atoms with Gasteiger partial charge in [0.05, 0.1) is 28.7 Å². The number of rotatable bonds is 4. The Balaban J connectivity index is 1.63. The molecule has 36 heavy (non-hydrogen) atoms. The van der Waals surface area contributed by atoms with Crippen molar-refractivity contribution in [3.05, 3.63) is 68.8 Å². The number of amides is 1. The quantitative estimate of drug-likeness (QED) is 0.545. The Morgan fingerprint density at radius 1 is 1.17 bits per heavy atom. The summed E-state index contributed by atoms with van der Waals surface area (Å²) in [5.74, 6) is 0.377. The number of carbonyl (C=O) groups is 1. The molecule has 1 amide bonds. The van der Waals surface area contributed by atoms with Crippen molar-refractivity contribution in [1.82, 2.24) is 14.9 Å². The van der Waals surface area contributed by atoms with E-state index in [2.05, 4.69) is 9.97 Å². The number of ether oxygens (including phenoxy) is 2. The molecule has 1 saturated heterocycles. The molecule has 0 spiro atoms. The lowest BCUT2D eigenvalue weighted by atomic mass is 9.94. The monoisotopic (exact) mass is 503 g/mol. The molecule has 0 saturated carbocycles. The molecular weight excluding hydrogens is 475 g/mol. The normalized spacial score (nSPS) is 19.4. The summed E-state index contributed by atoms with van der Waals surface area (Å²) in [4.78, 5) is 33.8. The van der Waals surface area contributed by atoms with E-state index in [0.717, 1.165) is 6.07 Å². The van der Waals surface area contributed by atoms with Gasteiger partial charge in [-0.15, -0.1) is 0 Å². The van der Waals surface area contributed by atoms with E-state index in [0.29, 0.717) is 24.4 Å². The molecule has 1 aromatic heterocycles. The number of benzene rings is 2. The van der Waals surface area contributed by atoms with Gasteiger partial charge in [0, 0.05) is 24.2 Å². The third-order valence-electron chi connectivity index (χ3n) is 6.25. The van der Waals surface area contributed by atoms with Crippen molar-refractivity contribution in [2.75, 3.05) is 13.1 Å². The Morgan fingerprint density at radius 3 is 2.36 bits per heavy atom. The van der Waals surface area contributed by atoms with Crippen molar-refractivity contribution in [2.24, 2.45) is 0 Å². The molecule has 0 radical (unpaired) electrons. The van der Waals surface area contributed by atoms with Crippen LogP contribution in [0.5, 0.6) is 5.75 Å². The summed E-state index contributed by atoms with van der Waals surface area (Å²) in [6, 6.07) is 7.18. The topological polar surface area (TPSA) is 84.5 Å². The molecule has 7 nitrogen and oxygen atoms in total. The van der Waals surface area contributed by atoms with E-state index in [4.69, 9.17) is 9.47 Å². The van der Waals surface area contributed by atoms with Crippen LogP contribution in [0.2, 0.25) is 0 Å². The molecule has 1 N–H and O–H groups in total. The van der Waals surface area contributed by atoms with Crippen LogP contribution in [0.4, 0.5) is 13.2 Å². The number of H-pyrrole nitrogens is 1. The van der Waals surface area contributed by atoms with Crippen LogP contribution in [0.25, 0.3) is 10.9 Å². The summed E-state index contributed by atoms with van der Waals surface area (Å²) >= 11 is 0. The number of morpholine rings is 1. The van der Waals surface area contributed by atoms with Gasteiger partial charge in [-0.2, -0.15) is 13.2 Å².